The first-order valence-corrected chi connectivity index (χ1v) is 9.74. The largest absolute Gasteiger partial charge is 0.476 e. The maximum Gasteiger partial charge on any atom is 0.270 e. The van der Waals surface area contributed by atoms with Gasteiger partial charge in [-0.15, -0.1) is 0 Å². The Balaban J connectivity index is 1.32. The van der Waals surface area contributed by atoms with Gasteiger partial charge in [0.1, 0.15) is 11.6 Å². The van der Waals surface area contributed by atoms with Crippen LogP contribution in [0.1, 0.15) is 26.1 Å². The monoisotopic (exact) mass is 392 g/mol. The van der Waals surface area contributed by atoms with Crippen LogP contribution in [0.5, 0.6) is 5.75 Å². The molecule has 7 nitrogen and oxygen atoms in total. The van der Waals surface area contributed by atoms with E-state index in [1.54, 1.807) is 18.7 Å². The number of benzene rings is 2. The van der Waals surface area contributed by atoms with Crippen molar-refractivity contribution >= 4 is 28.5 Å². The molecule has 3 aromatic rings. The average Bonchev–Trinajstić information content (AvgIpc) is 3.11. The quantitative estimate of drug-likeness (QED) is 0.675. The molecule has 2 amide bonds. The van der Waals surface area contributed by atoms with Crippen molar-refractivity contribution in [3.8, 4) is 5.75 Å². The third kappa shape index (κ3) is 3.94. The van der Waals surface area contributed by atoms with Gasteiger partial charge in [0.25, 0.3) is 5.91 Å². The number of carbonyl (C=O) groups excluding carboxylic acids is 2. The van der Waals surface area contributed by atoms with Crippen molar-refractivity contribution in [1.82, 2.24) is 15.3 Å². The van der Waals surface area contributed by atoms with E-state index in [9.17, 15) is 9.59 Å². The fourth-order valence-corrected chi connectivity index (χ4v) is 3.49. The summed E-state index contributed by atoms with van der Waals surface area (Å²) in [4.78, 5) is 34.5. The van der Waals surface area contributed by atoms with Gasteiger partial charge in [0.05, 0.1) is 16.7 Å². The molecule has 1 aliphatic heterocycles. The van der Waals surface area contributed by atoms with Crippen LogP contribution in [0.4, 0.5) is 5.69 Å². The van der Waals surface area contributed by atoms with E-state index < -0.39 is 5.60 Å². The molecule has 2 heterocycles. The maximum atomic E-state index is 12.8. The summed E-state index contributed by atoms with van der Waals surface area (Å²) in [5.41, 5.74) is 1.65. The van der Waals surface area contributed by atoms with Gasteiger partial charge in [-0.2, -0.15) is 0 Å². The standard InChI is InChI=1S/C22H24N4O3/c1-22(2)21(28)26(17-9-5-6-10-18(17)29-22)14-12-20(27)23-13-11-19-24-15-7-3-4-8-16(15)25-19/h3-10H,11-14H2,1-2H3,(H,23,27)(H,24,25). The Morgan fingerprint density at radius 1 is 1.17 bits per heavy atom. The van der Waals surface area contributed by atoms with Gasteiger partial charge in [-0.1, -0.05) is 24.3 Å². The second-order valence-corrected chi connectivity index (χ2v) is 7.59. The summed E-state index contributed by atoms with van der Waals surface area (Å²) < 4.78 is 5.81. The predicted molar refractivity (Wildman–Crippen MR) is 111 cm³/mol. The molecule has 2 N–H and O–H groups in total. The summed E-state index contributed by atoms with van der Waals surface area (Å²) >= 11 is 0. The second kappa shape index (κ2) is 7.58. The number of fused-ring (bicyclic) bond motifs is 2. The Bertz CT molecular complexity index is 1020. The number of nitrogens with zero attached hydrogens (tertiary/aromatic N) is 2. The van der Waals surface area contributed by atoms with Gasteiger partial charge in [-0.3, -0.25) is 9.59 Å². The van der Waals surface area contributed by atoms with Crippen molar-refractivity contribution in [3.05, 3.63) is 54.4 Å². The Morgan fingerprint density at radius 2 is 1.93 bits per heavy atom. The number of aromatic amines is 1. The number of imidazole rings is 1. The van der Waals surface area contributed by atoms with E-state index in [2.05, 4.69) is 15.3 Å². The first-order chi connectivity index (χ1) is 13.9. The second-order valence-electron chi connectivity index (χ2n) is 7.59. The SMILES string of the molecule is CC1(C)Oc2ccccc2N(CCC(=O)NCCc2nc3ccccc3[nH]2)C1=O. The summed E-state index contributed by atoms with van der Waals surface area (Å²) in [7, 11) is 0. The van der Waals surface area contributed by atoms with Crippen molar-refractivity contribution in [2.45, 2.75) is 32.3 Å². The summed E-state index contributed by atoms with van der Waals surface area (Å²) in [5, 5.41) is 2.91. The van der Waals surface area contributed by atoms with Crippen LogP contribution in [0.15, 0.2) is 48.5 Å². The number of hydrogen-bond acceptors (Lipinski definition) is 4. The van der Waals surface area contributed by atoms with E-state index in [1.165, 1.54) is 0 Å². The first kappa shape index (κ1) is 19.0. The molecule has 29 heavy (non-hydrogen) atoms. The van der Waals surface area contributed by atoms with Crippen LogP contribution in [-0.4, -0.2) is 40.5 Å². The van der Waals surface area contributed by atoms with Crippen LogP contribution < -0.4 is 15.0 Å². The normalized spacial score (nSPS) is 15.1. The minimum atomic E-state index is -0.952. The number of hydrogen-bond donors (Lipinski definition) is 2. The summed E-state index contributed by atoms with van der Waals surface area (Å²) in [6.45, 7) is 4.27. The number of para-hydroxylation sites is 4. The Hall–Kier alpha value is -3.35. The van der Waals surface area contributed by atoms with Crippen LogP contribution in [0, 0.1) is 0 Å². The molecule has 150 valence electrons. The lowest BCUT2D eigenvalue weighted by Crippen LogP contribution is -2.53. The van der Waals surface area contributed by atoms with Gasteiger partial charge in [0.15, 0.2) is 5.60 Å². The molecule has 0 unspecified atom stereocenters. The molecule has 0 bridgehead atoms. The third-order valence-electron chi connectivity index (χ3n) is 4.97. The van der Waals surface area contributed by atoms with Crippen molar-refractivity contribution in [2.75, 3.05) is 18.0 Å². The Kier molecular flexibility index (Phi) is 4.96. The van der Waals surface area contributed by atoms with Crippen molar-refractivity contribution < 1.29 is 14.3 Å². The number of anilines is 1. The van der Waals surface area contributed by atoms with Gasteiger partial charge in [-0.05, 0) is 38.1 Å². The van der Waals surface area contributed by atoms with E-state index in [4.69, 9.17) is 4.74 Å². The molecular weight excluding hydrogens is 368 g/mol. The number of rotatable bonds is 6. The lowest BCUT2D eigenvalue weighted by atomic mass is 10.0. The molecule has 0 radical (unpaired) electrons. The molecule has 0 atom stereocenters. The Labute approximate surface area is 169 Å². The number of amides is 2. The van der Waals surface area contributed by atoms with Crippen LogP contribution in [0.25, 0.3) is 11.0 Å². The fourth-order valence-electron chi connectivity index (χ4n) is 3.49. The number of H-pyrrole nitrogens is 1. The Morgan fingerprint density at radius 3 is 2.76 bits per heavy atom. The molecule has 0 saturated heterocycles. The van der Waals surface area contributed by atoms with Gasteiger partial charge >= 0.3 is 0 Å². The van der Waals surface area contributed by atoms with E-state index in [0.717, 1.165) is 16.9 Å². The van der Waals surface area contributed by atoms with Crippen LogP contribution in [0.2, 0.25) is 0 Å². The molecule has 7 heteroatoms. The lowest BCUT2D eigenvalue weighted by Gasteiger charge is -2.38. The average molecular weight is 392 g/mol. The van der Waals surface area contributed by atoms with E-state index in [1.807, 2.05) is 48.5 Å². The molecule has 1 aliphatic rings. The molecule has 2 aromatic carbocycles. The zero-order chi connectivity index (χ0) is 20.4. The smallest absolute Gasteiger partial charge is 0.270 e. The minimum absolute atomic E-state index is 0.101. The number of aromatic nitrogens is 2. The molecule has 4 rings (SSSR count). The molecule has 0 fully saturated rings. The van der Waals surface area contributed by atoms with Gasteiger partial charge < -0.3 is 19.9 Å². The number of nitrogens with one attached hydrogen (secondary N) is 2. The zero-order valence-electron chi connectivity index (χ0n) is 16.6. The van der Waals surface area contributed by atoms with E-state index >= 15 is 0 Å². The van der Waals surface area contributed by atoms with Gasteiger partial charge in [-0.25, -0.2) is 4.98 Å². The molecule has 1 aromatic heterocycles. The van der Waals surface area contributed by atoms with Crippen LogP contribution in [-0.2, 0) is 16.0 Å². The van der Waals surface area contributed by atoms with Gasteiger partial charge in [0.2, 0.25) is 5.91 Å². The highest BCUT2D eigenvalue weighted by molar-refractivity contribution is 6.02. The van der Waals surface area contributed by atoms with E-state index in [0.29, 0.717) is 30.9 Å². The predicted octanol–water partition coefficient (Wildman–Crippen LogP) is 2.82. The summed E-state index contributed by atoms with van der Waals surface area (Å²) in [6.07, 6.45) is 0.836. The van der Waals surface area contributed by atoms with Crippen LogP contribution >= 0.6 is 0 Å². The number of ether oxygens (including phenoxy) is 1. The topological polar surface area (TPSA) is 87.3 Å². The van der Waals surface area contributed by atoms with Crippen molar-refractivity contribution in [2.24, 2.45) is 0 Å². The molecular formula is C22H24N4O3. The van der Waals surface area contributed by atoms with Crippen molar-refractivity contribution in [3.63, 3.8) is 0 Å². The highest BCUT2D eigenvalue weighted by atomic mass is 16.5. The summed E-state index contributed by atoms with van der Waals surface area (Å²) in [6, 6.07) is 15.2. The third-order valence-corrected chi connectivity index (χ3v) is 4.97. The van der Waals surface area contributed by atoms with E-state index in [-0.39, 0.29) is 18.2 Å². The lowest BCUT2D eigenvalue weighted by molar-refractivity contribution is -0.132. The summed E-state index contributed by atoms with van der Waals surface area (Å²) in [5.74, 6) is 1.25. The zero-order valence-corrected chi connectivity index (χ0v) is 16.6. The molecule has 0 aliphatic carbocycles. The fraction of sp³-hybridized carbons (Fsp3) is 0.318. The van der Waals surface area contributed by atoms with Gasteiger partial charge in [0, 0.05) is 25.9 Å². The van der Waals surface area contributed by atoms with Crippen molar-refractivity contribution in [1.29, 1.82) is 0 Å². The van der Waals surface area contributed by atoms with Crippen LogP contribution in [0.3, 0.4) is 0 Å². The first-order valence-electron chi connectivity index (χ1n) is 9.74. The highest BCUT2D eigenvalue weighted by Crippen LogP contribution is 2.37. The number of carbonyl (C=O) groups is 2. The molecule has 0 spiro atoms. The minimum Gasteiger partial charge on any atom is -0.476 e. The highest BCUT2D eigenvalue weighted by Gasteiger charge is 2.40. The maximum absolute atomic E-state index is 12.8. The molecule has 0 saturated carbocycles.